The van der Waals surface area contributed by atoms with Gasteiger partial charge < -0.3 is 19.5 Å². The molecule has 26 heavy (non-hydrogen) atoms. The highest BCUT2D eigenvalue weighted by molar-refractivity contribution is 9.10. The van der Waals surface area contributed by atoms with Crippen molar-refractivity contribution in [2.24, 2.45) is 0 Å². The number of hydrogen-bond donors (Lipinski definition) is 1. The normalized spacial score (nSPS) is 16.3. The van der Waals surface area contributed by atoms with Crippen LogP contribution in [0.5, 0.6) is 11.5 Å². The van der Waals surface area contributed by atoms with Gasteiger partial charge in [-0.15, -0.1) is 0 Å². The van der Waals surface area contributed by atoms with Crippen molar-refractivity contribution in [2.75, 3.05) is 51.3 Å². The Hall–Kier alpha value is -1.76. The average molecular weight is 421 g/mol. The fourth-order valence-corrected chi connectivity index (χ4v) is 3.40. The number of methoxy groups -OCH3 is 1. The average Bonchev–Trinajstić information content (AvgIpc) is 2.68. The monoisotopic (exact) mass is 420 g/mol. The van der Waals surface area contributed by atoms with Crippen molar-refractivity contribution < 1.29 is 14.6 Å². The zero-order valence-electron chi connectivity index (χ0n) is 15.0. The van der Waals surface area contributed by atoms with Gasteiger partial charge in [0.15, 0.2) is 0 Å². The number of piperazine rings is 1. The van der Waals surface area contributed by atoms with Gasteiger partial charge in [-0.2, -0.15) is 0 Å². The van der Waals surface area contributed by atoms with E-state index >= 15 is 0 Å². The number of anilines is 1. The summed E-state index contributed by atoms with van der Waals surface area (Å²) in [6.07, 6.45) is -0.503. The number of para-hydroxylation sites is 2. The molecule has 1 N–H and O–H groups in total. The maximum atomic E-state index is 10.3. The van der Waals surface area contributed by atoms with E-state index < -0.39 is 6.10 Å². The number of halogens is 1. The van der Waals surface area contributed by atoms with E-state index in [0.717, 1.165) is 47.8 Å². The number of benzene rings is 2. The standard InChI is InChI=1S/C20H25BrN2O3/c1-25-20-5-3-2-4-19(20)23-12-10-22(11-13-23)14-17(24)15-26-18-8-6-16(21)7-9-18/h2-9,17,24H,10-15H2,1H3/t17-/m1/s1. The molecule has 1 atom stereocenters. The molecule has 2 aromatic carbocycles. The fourth-order valence-electron chi connectivity index (χ4n) is 3.14. The highest BCUT2D eigenvalue weighted by Crippen LogP contribution is 2.28. The summed E-state index contributed by atoms with van der Waals surface area (Å²) in [5, 5.41) is 10.3. The molecule has 3 rings (SSSR count). The van der Waals surface area contributed by atoms with Gasteiger partial charge >= 0.3 is 0 Å². The SMILES string of the molecule is COc1ccccc1N1CCN(C[C@@H](O)COc2ccc(Br)cc2)CC1. The summed E-state index contributed by atoms with van der Waals surface area (Å²) in [5.41, 5.74) is 1.13. The van der Waals surface area contributed by atoms with Crippen LogP contribution in [-0.2, 0) is 0 Å². The maximum Gasteiger partial charge on any atom is 0.142 e. The molecule has 0 unspecified atom stereocenters. The minimum atomic E-state index is -0.503. The van der Waals surface area contributed by atoms with Gasteiger partial charge in [-0.25, -0.2) is 0 Å². The van der Waals surface area contributed by atoms with E-state index in [4.69, 9.17) is 9.47 Å². The van der Waals surface area contributed by atoms with Crippen LogP contribution in [0, 0.1) is 0 Å². The first-order chi connectivity index (χ1) is 12.7. The lowest BCUT2D eigenvalue weighted by Gasteiger charge is -2.37. The Morgan fingerprint density at radius 1 is 1.04 bits per heavy atom. The molecule has 0 radical (unpaired) electrons. The molecule has 0 saturated carbocycles. The van der Waals surface area contributed by atoms with Crippen LogP contribution in [0.2, 0.25) is 0 Å². The number of rotatable bonds is 7. The number of hydrogen-bond acceptors (Lipinski definition) is 5. The molecule has 140 valence electrons. The molecule has 1 fully saturated rings. The first-order valence-corrected chi connectivity index (χ1v) is 9.62. The molecule has 2 aromatic rings. The Kier molecular flexibility index (Phi) is 6.77. The van der Waals surface area contributed by atoms with Gasteiger partial charge in [-0.05, 0) is 36.4 Å². The Balaban J connectivity index is 1.44. The summed E-state index contributed by atoms with van der Waals surface area (Å²) in [6.45, 7) is 4.58. The van der Waals surface area contributed by atoms with Gasteiger partial charge in [0.25, 0.3) is 0 Å². The second kappa shape index (κ2) is 9.26. The van der Waals surface area contributed by atoms with Gasteiger partial charge in [-0.1, -0.05) is 28.1 Å². The lowest BCUT2D eigenvalue weighted by atomic mass is 10.2. The van der Waals surface area contributed by atoms with E-state index in [1.54, 1.807) is 7.11 Å². The summed E-state index contributed by atoms with van der Waals surface area (Å²) in [4.78, 5) is 4.61. The van der Waals surface area contributed by atoms with Gasteiger partial charge in [0.2, 0.25) is 0 Å². The first kappa shape index (κ1) is 19.0. The number of ether oxygens (including phenoxy) is 2. The van der Waals surface area contributed by atoms with Crippen LogP contribution >= 0.6 is 15.9 Å². The largest absolute Gasteiger partial charge is 0.495 e. The second-order valence-electron chi connectivity index (χ2n) is 6.38. The van der Waals surface area contributed by atoms with E-state index in [1.165, 1.54) is 0 Å². The third kappa shape index (κ3) is 5.13. The Labute approximate surface area is 163 Å². The van der Waals surface area contributed by atoms with E-state index in [-0.39, 0.29) is 0 Å². The van der Waals surface area contributed by atoms with Crippen LogP contribution in [0.4, 0.5) is 5.69 Å². The molecule has 0 bridgehead atoms. The third-order valence-electron chi connectivity index (χ3n) is 4.52. The van der Waals surface area contributed by atoms with Crippen LogP contribution < -0.4 is 14.4 Å². The zero-order chi connectivity index (χ0) is 18.4. The second-order valence-corrected chi connectivity index (χ2v) is 7.29. The van der Waals surface area contributed by atoms with Gasteiger partial charge in [-0.3, -0.25) is 4.90 Å². The van der Waals surface area contributed by atoms with Crippen molar-refractivity contribution >= 4 is 21.6 Å². The molecule has 5 nitrogen and oxygen atoms in total. The molecule has 1 aliphatic heterocycles. The number of aliphatic hydroxyl groups excluding tert-OH is 1. The quantitative estimate of drug-likeness (QED) is 0.745. The fraction of sp³-hybridized carbons (Fsp3) is 0.400. The van der Waals surface area contributed by atoms with Crippen LogP contribution in [-0.4, -0.2) is 62.6 Å². The van der Waals surface area contributed by atoms with Crippen LogP contribution in [0.1, 0.15) is 0 Å². The predicted octanol–water partition coefficient (Wildman–Crippen LogP) is 3.02. The van der Waals surface area contributed by atoms with E-state index in [9.17, 15) is 5.11 Å². The molecule has 0 aliphatic carbocycles. The molecule has 1 aliphatic rings. The molecule has 1 heterocycles. The lowest BCUT2D eigenvalue weighted by molar-refractivity contribution is 0.0663. The molecule has 0 spiro atoms. The molecule has 6 heteroatoms. The Morgan fingerprint density at radius 2 is 1.73 bits per heavy atom. The number of β-amino-alcohol motifs (C(OH)–C–C–N with tert-alkyl or cyclic N) is 1. The zero-order valence-corrected chi connectivity index (χ0v) is 16.6. The van der Waals surface area contributed by atoms with E-state index in [0.29, 0.717) is 13.2 Å². The van der Waals surface area contributed by atoms with Crippen molar-refractivity contribution in [3.8, 4) is 11.5 Å². The third-order valence-corrected chi connectivity index (χ3v) is 5.05. The van der Waals surface area contributed by atoms with Crippen LogP contribution in [0.3, 0.4) is 0 Å². The topological polar surface area (TPSA) is 45.2 Å². The Bertz CT molecular complexity index is 688. The van der Waals surface area contributed by atoms with Crippen molar-refractivity contribution in [2.45, 2.75) is 6.10 Å². The predicted molar refractivity (Wildman–Crippen MR) is 107 cm³/mol. The number of aliphatic hydroxyl groups is 1. The first-order valence-electron chi connectivity index (χ1n) is 8.82. The number of nitrogens with zero attached hydrogens (tertiary/aromatic N) is 2. The van der Waals surface area contributed by atoms with E-state index in [2.05, 4.69) is 31.8 Å². The van der Waals surface area contributed by atoms with Crippen molar-refractivity contribution in [3.63, 3.8) is 0 Å². The lowest BCUT2D eigenvalue weighted by Crippen LogP contribution is -2.49. The highest BCUT2D eigenvalue weighted by atomic mass is 79.9. The van der Waals surface area contributed by atoms with Crippen molar-refractivity contribution in [1.29, 1.82) is 0 Å². The molecule has 0 amide bonds. The summed E-state index contributed by atoms with van der Waals surface area (Å²) >= 11 is 3.40. The summed E-state index contributed by atoms with van der Waals surface area (Å²) in [7, 11) is 1.71. The van der Waals surface area contributed by atoms with Gasteiger partial charge in [0, 0.05) is 37.2 Å². The molecular weight excluding hydrogens is 396 g/mol. The van der Waals surface area contributed by atoms with Crippen molar-refractivity contribution in [3.05, 3.63) is 53.0 Å². The summed E-state index contributed by atoms with van der Waals surface area (Å²) in [5.74, 6) is 1.68. The van der Waals surface area contributed by atoms with Crippen LogP contribution in [0.25, 0.3) is 0 Å². The minimum Gasteiger partial charge on any atom is -0.495 e. The smallest absolute Gasteiger partial charge is 0.142 e. The van der Waals surface area contributed by atoms with Gasteiger partial charge in [0.1, 0.15) is 24.2 Å². The Morgan fingerprint density at radius 3 is 2.42 bits per heavy atom. The minimum absolute atomic E-state index is 0.300. The van der Waals surface area contributed by atoms with Crippen LogP contribution in [0.15, 0.2) is 53.0 Å². The van der Waals surface area contributed by atoms with Gasteiger partial charge in [0.05, 0.1) is 12.8 Å². The summed E-state index contributed by atoms with van der Waals surface area (Å²) in [6, 6.07) is 15.7. The summed E-state index contributed by atoms with van der Waals surface area (Å²) < 4.78 is 12.1. The molecule has 0 aromatic heterocycles. The molecular formula is C20H25BrN2O3. The molecule has 1 saturated heterocycles. The van der Waals surface area contributed by atoms with Crippen molar-refractivity contribution in [1.82, 2.24) is 4.90 Å². The highest BCUT2D eigenvalue weighted by Gasteiger charge is 2.21. The maximum absolute atomic E-state index is 10.3. The van der Waals surface area contributed by atoms with E-state index in [1.807, 2.05) is 42.5 Å².